The van der Waals surface area contributed by atoms with Crippen molar-refractivity contribution >= 4 is 11.9 Å². The predicted octanol–water partition coefficient (Wildman–Crippen LogP) is 0.848. The Morgan fingerprint density at radius 2 is 1.52 bits per heavy atom. The molecule has 118 valence electrons. The first-order valence-corrected chi connectivity index (χ1v) is 6.25. The molecule has 1 aromatic rings. The molecule has 0 saturated heterocycles. The SMILES string of the molecule is CC(O)COC(C)CO.O=C(O)c1ccccc1C(=O)O. The van der Waals surface area contributed by atoms with Gasteiger partial charge in [-0.2, -0.15) is 0 Å². The number of carboxylic acids is 2. The molecule has 0 bridgehead atoms. The minimum Gasteiger partial charge on any atom is -0.478 e. The quantitative estimate of drug-likeness (QED) is 0.613. The number of carboxylic acid groups (broad SMARTS) is 2. The minimum atomic E-state index is -1.23. The molecular weight excluding hydrogens is 280 g/mol. The molecule has 21 heavy (non-hydrogen) atoms. The van der Waals surface area contributed by atoms with Crippen molar-refractivity contribution < 1.29 is 34.8 Å². The van der Waals surface area contributed by atoms with Crippen LogP contribution in [-0.2, 0) is 4.74 Å². The highest BCUT2D eigenvalue weighted by molar-refractivity contribution is 6.01. The van der Waals surface area contributed by atoms with Crippen LogP contribution in [0.5, 0.6) is 0 Å². The average Bonchev–Trinajstić information content (AvgIpc) is 2.45. The van der Waals surface area contributed by atoms with Gasteiger partial charge in [-0.3, -0.25) is 0 Å². The summed E-state index contributed by atoms with van der Waals surface area (Å²) in [6, 6.07) is 5.48. The number of hydrogen-bond acceptors (Lipinski definition) is 5. The summed E-state index contributed by atoms with van der Waals surface area (Å²) in [5.74, 6) is -2.46. The standard InChI is InChI=1S/C8H6O4.C6H14O3/c9-7(10)5-3-1-2-4-6(5)8(11)12;1-5(8)4-9-6(2)3-7/h1-4H,(H,9,10)(H,11,12);5-8H,3-4H2,1-2H3. The van der Waals surface area contributed by atoms with E-state index in [-0.39, 0.29) is 23.8 Å². The number of rotatable bonds is 6. The molecule has 0 aliphatic rings. The van der Waals surface area contributed by atoms with Crippen LogP contribution in [0.2, 0.25) is 0 Å². The number of benzene rings is 1. The van der Waals surface area contributed by atoms with Crippen LogP contribution in [-0.4, -0.2) is 57.8 Å². The summed E-state index contributed by atoms with van der Waals surface area (Å²) >= 11 is 0. The van der Waals surface area contributed by atoms with E-state index >= 15 is 0 Å². The zero-order chi connectivity index (χ0) is 16.4. The van der Waals surface area contributed by atoms with Crippen LogP contribution < -0.4 is 0 Å². The number of aliphatic hydroxyl groups is 2. The topological polar surface area (TPSA) is 124 Å². The Bertz CT molecular complexity index is 423. The molecule has 7 nitrogen and oxygen atoms in total. The monoisotopic (exact) mass is 300 g/mol. The minimum absolute atomic E-state index is 0.00667. The second-order valence-corrected chi connectivity index (χ2v) is 4.33. The number of hydrogen-bond donors (Lipinski definition) is 4. The smallest absolute Gasteiger partial charge is 0.336 e. The van der Waals surface area contributed by atoms with Gasteiger partial charge in [0, 0.05) is 0 Å². The summed E-state index contributed by atoms with van der Waals surface area (Å²) < 4.78 is 4.95. The molecule has 0 aliphatic heterocycles. The van der Waals surface area contributed by atoms with E-state index in [1.54, 1.807) is 13.8 Å². The van der Waals surface area contributed by atoms with Crippen LogP contribution in [0.15, 0.2) is 24.3 Å². The van der Waals surface area contributed by atoms with Gasteiger partial charge in [-0.15, -0.1) is 0 Å². The Morgan fingerprint density at radius 3 is 1.81 bits per heavy atom. The Labute approximate surface area is 122 Å². The normalized spacial score (nSPS) is 12.8. The molecule has 0 spiro atoms. The van der Waals surface area contributed by atoms with Gasteiger partial charge in [0.2, 0.25) is 0 Å². The summed E-state index contributed by atoms with van der Waals surface area (Å²) in [7, 11) is 0. The highest BCUT2D eigenvalue weighted by Crippen LogP contribution is 2.07. The average molecular weight is 300 g/mol. The highest BCUT2D eigenvalue weighted by atomic mass is 16.5. The van der Waals surface area contributed by atoms with Crippen LogP contribution >= 0.6 is 0 Å². The molecule has 2 unspecified atom stereocenters. The van der Waals surface area contributed by atoms with E-state index in [0.717, 1.165) is 0 Å². The lowest BCUT2D eigenvalue weighted by Crippen LogP contribution is -2.19. The van der Waals surface area contributed by atoms with Gasteiger partial charge in [-0.05, 0) is 26.0 Å². The molecule has 1 aromatic carbocycles. The van der Waals surface area contributed by atoms with Crippen LogP contribution in [0, 0.1) is 0 Å². The van der Waals surface area contributed by atoms with Crippen LogP contribution in [0.3, 0.4) is 0 Å². The third kappa shape index (κ3) is 8.03. The zero-order valence-electron chi connectivity index (χ0n) is 11.9. The lowest BCUT2D eigenvalue weighted by molar-refractivity contribution is -0.0177. The largest absolute Gasteiger partial charge is 0.478 e. The van der Waals surface area contributed by atoms with Gasteiger partial charge in [0.15, 0.2) is 0 Å². The molecule has 4 N–H and O–H groups in total. The lowest BCUT2D eigenvalue weighted by atomic mass is 10.1. The van der Waals surface area contributed by atoms with Crippen molar-refractivity contribution in [1.82, 2.24) is 0 Å². The third-order valence-corrected chi connectivity index (χ3v) is 2.27. The summed E-state index contributed by atoms with van der Waals surface area (Å²) in [6.45, 7) is 3.70. The van der Waals surface area contributed by atoms with Crippen molar-refractivity contribution in [3.63, 3.8) is 0 Å². The van der Waals surface area contributed by atoms with E-state index < -0.39 is 18.0 Å². The first kappa shape index (κ1) is 19.0. The zero-order valence-corrected chi connectivity index (χ0v) is 11.9. The molecule has 0 amide bonds. The highest BCUT2D eigenvalue weighted by Gasteiger charge is 2.13. The van der Waals surface area contributed by atoms with Crippen LogP contribution in [0.1, 0.15) is 34.6 Å². The molecular formula is C14H20O7. The van der Waals surface area contributed by atoms with Crippen molar-refractivity contribution in [1.29, 1.82) is 0 Å². The Morgan fingerprint density at radius 1 is 1.10 bits per heavy atom. The van der Waals surface area contributed by atoms with Gasteiger partial charge in [0.05, 0.1) is 36.5 Å². The fraction of sp³-hybridized carbons (Fsp3) is 0.429. The van der Waals surface area contributed by atoms with Crippen molar-refractivity contribution in [2.24, 2.45) is 0 Å². The first-order valence-electron chi connectivity index (χ1n) is 6.25. The van der Waals surface area contributed by atoms with Crippen LogP contribution in [0.4, 0.5) is 0 Å². The van der Waals surface area contributed by atoms with E-state index in [9.17, 15) is 9.59 Å². The molecule has 2 atom stereocenters. The second-order valence-electron chi connectivity index (χ2n) is 4.33. The lowest BCUT2D eigenvalue weighted by Gasteiger charge is -2.10. The van der Waals surface area contributed by atoms with Gasteiger partial charge < -0.3 is 25.2 Å². The van der Waals surface area contributed by atoms with Crippen molar-refractivity contribution in [3.05, 3.63) is 35.4 Å². The fourth-order valence-corrected chi connectivity index (χ4v) is 1.21. The van der Waals surface area contributed by atoms with Crippen molar-refractivity contribution in [2.75, 3.05) is 13.2 Å². The maximum atomic E-state index is 10.5. The fourth-order valence-electron chi connectivity index (χ4n) is 1.21. The number of ether oxygens (including phenoxy) is 1. The third-order valence-electron chi connectivity index (χ3n) is 2.27. The van der Waals surface area contributed by atoms with E-state index in [1.165, 1.54) is 24.3 Å². The second kappa shape index (κ2) is 9.87. The summed E-state index contributed by atoms with van der Waals surface area (Å²) in [6.07, 6.45) is -0.612. The number of aliphatic hydroxyl groups excluding tert-OH is 2. The molecule has 0 heterocycles. The summed E-state index contributed by atoms with van der Waals surface area (Å²) in [5, 5.41) is 34.2. The van der Waals surface area contributed by atoms with Crippen molar-refractivity contribution in [3.8, 4) is 0 Å². The van der Waals surface area contributed by atoms with Gasteiger partial charge >= 0.3 is 11.9 Å². The van der Waals surface area contributed by atoms with Gasteiger partial charge in [-0.1, -0.05) is 12.1 Å². The van der Waals surface area contributed by atoms with E-state index in [4.69, 9.17) is 25.2 Å². The molecule has 7 heteroatoms. The Hall–Kier alpha value is -1.96. The predicted molar refractivity (Wildman–Crippen MR) is 74.5 cm³/mol. The van der Waals surface area contributed by atoms with Gasteiger partial charge in [-0.25, -0.2) is 9.59 Å². The molecule has 0 radical (unpaired) electrons. The van der Waals surface area contributed by atoms with E-state index in [0.29, 0.717) is 6.61 Å². The van der Waals surface area contributed by atoms with Crippen molar-refractivity contribution in [2.45, 2.75) is 26.1 Å². The maximum Gasteiger partial charge on any atom is 0.336 e. The van der Waals surface area contributed by atoms with E-state index in [2.05, 4.69) is 0 Å². The van der Waals surface area contributed by atoms with Gasteiger partial charge in [0.1, 0.15) is 0 Å². The number of aromatic carboxylic acids is 2. The maximum absolute atomic E-state index is 10.5. The Balaban J connectivity index is 0.000000400. The number of carbonyl (C=O) groups is 2. The van der Waals surface area contributed by atoms with E-state index in [1.807, 2.05) is 0 Å². The molecule has 0 fully saturated rings. The first-order chi connectivity index (χ1) is 9.79. The molecule has 0 aromatic heterocycles. The van der Waals surface area contributed by atoms with Crippen LogP contribution in [0.25, 0.3) is 0 Å². The van der Waals surface area contributed by atoms with Gasteiger partial charge in [0.25, 0.3) is 0 Å². The Kier molecular flexibility index (Phi) is 8.95. The molecule has 0 saturated carbocycles. The summed E-state index contributed by atoms with van der Waals surface area (Å²) in [4.78, 5) is 20.9. The molecule has 0 aliphatic carbocycles. The summed E-state index contributed by atoms with van der Waals surface area (Å²) in [5.41, 5.74) is -0.380. The molecule has 1 rings (SSSR count).